The predicted octanol–water partition coefficient (Wildman–Crippen LogP) is 3.40. The van der Waals surface area contributed by atoms with Gasteiger partial charge in [0.15, 0.2) is 5.75 Å². The zero-order chi connectivity index (χ0) is 20.5. The van der Waals surface area contributed by atoms with Crippen LogP contribution in [0.3, 0.4) is 0 Å². The molecule has 0 saturated heterocycles. The molecule has 3 aromatic rings. The number of nitrogens with two attached hydrogens (primary N) is 1. The number of hydrogen-bond donors (Lipinski definition) is 1. The Bertz CT molecular complexity index is 1150. The highest BCUT2D eigenvalue weighted by molar-refractivity contribution is 5.95. The largest absolute Gasteiger partial charge is 0.462 e. The van der Waals surface area contributed by atoms with Crippen molar-refractivity contribution in [3.05, 3.63) is 87.4 Å². The first-order valence-corrected chi connectivity index (χ1v) is 8.97. The Balaban J connectivity index is 1.94. The maximum absolute atomic E-state index is 12.7. The van der Waals surface area contributed by atoms with Crippen molar-refractivity contribution >= 4 is 22.6 Å². The molecule has 2 N–H and O–H groups in total. The van der Waals surface area contributed by atoms with Crippen LogP contribution in [0.25, 0.3) is 10.9 Å². The molecule has 4 rings (SSSR count). The Kier molecular flexibility index (Phi) is 4.59. The van der Waals surface area contributed by atoms with Crippen LogP contribution in [0.1, 0.15) is 24.0 Å². The third-order valence-corrected chi connectivity index (χ3v) is 4.77. The van der Waals surface area contributed by atoms with Crippen molar-refractivity contribution in [2.24, 2.45) is 5.73 Å². The highest BCUT2D eigenvalue weighted by Gasteiger charge is 2.36. The highest BCUT2D eigenvalue weighted by Crippen LogP contribution is 2.45. The number of non-ortho nitro benzene ring substituents is 1. The van der Waals surface area contributed by atoms with Crippen LogP contribution in [0.2, 0.25) is 0 Å². The standard InChI is InChI=1S/C21H17N3O5/c1-2-28-21(25)17-16(12-5-8-14(9-6-12)24(26)27)15-10-7-13-4-3-11-23-18(13)19(15)29-20(17)22/h3-11,16H,2,22H2,1H3. The summed E-state index contributed by atoms with van der Waals surface area (Å²) < 4.78 is 11.0. The number of rotatable bonds is 4. The monoisotopic (exact) mass is 391 g/mol. The van der Waals surface area contributed by atoms with Gasteiger partial charge in [0.05, 0.1) is 17.4 Å². The molecule has 0 radical (unpaired) electrons. The molecule has 2 aromatic carbocycles. The number of pyridine rings is 1. The third-order valence-electron chi connectivity index (χ3n) is 4.77. The molecule has 29 heavy (non-hydrogen) atoms. The number of nitro benzene ring substituents is 1. The van der Waals surface area contributed by atoms with Crippen LogP contribution in [-0.4, -0.2) is 22.5 Å². The summed E-state index contributed by atoms with van der Waals surface area (Å²) in [5.41, 5.74) is 8.20. The summed E-state index contributed by atoms with van der Waals surface area (Å²) in [7, 11) is 0. The van der Waals surface area contributed by atoms with Crippen molar-refractivity contribution < 1.29 is 19.2 Å². The van der Waals surface area contributed by atoms with Crippen molar-refractivity contribution in [2.45, 2.75) is 12.8 Å². The molecule has 2 heterocycles. The third kappa shape index (κ3) is 3.14. The molecule has 0 amide bonds. The number of hydrogen-bond acceptors (Lipinski definition) is 7. The average Bonchev–Trinajstić information content (AvgIpc) is 2.73. The van der Waals surface area contributed by atoms with Crippen LogP contribution in [0.5, 0.6) is 5.75 Å². The zero-order valence-electron chi connectivity index (χ0n) is 15.5. The molecular formula is C21H17N3O5. The van der Waals surface area contributed by atoms with Gasteiger partial charge in [-0.05, 0) is 18.6 Å². The SMILES string of the molecule is CCOC(=O)C1=C(N)Oc2c(ccc3cccnc23)C1c1ccc([N+](=O)[O-])cc1. The molecule has 0 bridgehead atoms. The van der Waals surface area contributed by atoms with E-state index in [9.17, 15) is 14.9 Å². The first-order valence-electron chi connectivity index (χ1n) is 8.97. The lowest BCUT2D eigenvalue weighted by Gasteiger charge is -2.29. The van der Waals surface area contributed by atoms with Gasteiger partial charge in [0, 0.05) is 29.3 Å². The Hall–Kier alpha value is -3.94. The molecule has 1 aliphatic heterocycles. The van der Waals surface area contributed by atoms with E-state index in [1.807, 2.05) is 24.3 Å². The van der Waals surface area contributed by atoms with Gasteiger partial charge in [-0.1, -0.05) is 30.3 Å². The van der Waals surface area contributed by atoms with Crippen molar-refractivity contribution in [2.75, 3.05) is 6.61 Å². The van der Waals surface area contributed by atoms with Crippen LogP contribution in [0.4, 0.5) is 5.69 Å². The first kappa shape index (κ1) is 18.4. The van der Waals surface area contributed by atoms with Crippen LogP contribution in [0, 0.1) is 10.1 Å². The molecule has 0 aliphatic carbocycles. The van der Waals surface area contributed by atoms with Gasteiger partial charge in [-0.2, -0.15) is 0 Å². The predicted molar refractivity (Wildman–Crippen MR) is 105 cm³/mol. The van der Waals surface area contributed by atoms with Crippen LogP contribution < -0.4 is 10.5 Å². The van der Waals surface area contributed by atoms with E-state index in [1.54, 1.807) is 25.3 Å². The molecule has 0 spiro atoms. The van der Waals surface area contributed by atoms with Crippen molar-refractivity contribution in [1.29, 1.82) is 0 Å². The average molecular weight is 391 g/mol. The fraction of sp³-hybridized carbons (Fsp3) is 0.143. The molecule has 1 aliphatic rings. The van der Waals surface area contributed by atoms with Crippen LogP contribution in [-0.2, 0) is 9.53 Å². The van der Waals surface area contributed by atoms with E-state index in [0.29, 0.717) is 22.4 Å². The lowest BCUT2D eigenvalue weighted by Crippen LogP contribution is -2.27. The number of esters is 1. The normalized spacial score (nSPS) is 15.6. The molecule has 1 unspecified atom stereocenters. The van der Waals surface area contributed by atoms with Gasteiger partial charge in [-0.15, -0.1) is 0 Å². The Morgan fingerprint density at radius 2 is 2.00 bits per heavy atom. The molecular weight excluding hydrogens is 374 g/mol. The van der Waals surface area contributed by atoms with E-state index in [4.69, 9.17) is 15.2 Å². The smallest absolute Gasteiger partial charge is 0.340 e. The summed E-state index contributed by atoms with van der Waals surface area (Å²) in [6, 6.07) is 13.4. The molecule has 0 fully saturated rings. The van der Waals surface area contributed by atoms with E-state index < -0.39 is 16.8 Å². The number of nitrogens with zero attached hydrogens (tertiary/aromatic N) is 2. The number of benzene rings is 2. The summed E-state index contributed by atoms with van der Waals surface area (Å²) in [6.07, 6.45) is 1.65. The molecule has 1 atom stereocenters. The summed E-state index contributed by atoms with van der Waals surface area (Å²) in [4.78, 5) is 27.6. The minimum absolute atomic E-state index is 0.0455. The second-order valence-corrected chi connectivity index (χ2v) is 6.44. The molecule has 0 saturated carbocycles. The van der Waals surface area contributed by atoms with E-state index >= 15 is 0 Å². The van der Waals surface area contributed by atoms with Crippen LogP contribution >= 0.6 is 0 Å². The van der Waals surface area contributed by atoms with Crippen molar-refractivity contribution in [3.8, 4) is 5.75 Å². The summed E-state index contributed by atoms with van der Waals surface area (Å²) in [6.45, 7) is 1.87. The number of fused-ring (bicyclic) bond motifs is 3. The van der Waals surface area contributed by atoms with Crippen LogP contribution in [0.15, 0.2) is 66.2 Å². The van der Waals surface area contributed by atoms with E-state index in [1.165, 1.54) is 12.1 Å². The van der Waals surface area contributed by atoms with Gasteiger partial charge >= 0.3 is 5.97 Å². The Morgan fingerprint density at radius 3 is 2.69 bits per heavy atom. The lowest BCUT2D eigenvalue weighted by atomic mass is 9.82. The van der Waals surface area contributed by atoms with Gasteiger partial charge in [-0.3, -0.25) is 15.1 Å². The number of nitro groups is 1. The second kappa shape index (κ2) is 7.23. The number of carbonyl (C=O) groups excluding carboxylic acids is 1. The first-order chi connectivity index (χ1) is 14.0. The van der Waals surface area contributed by atoms with E-state index in [0.717, 1.165) is 5.39 Å². The molecule has 8 nitrogen and oxygen atoms in total. The number of ether oxygens (including phenoxy) is 2. The molecule has 146 valence electrons. The number of aromatic nitrogens is 1. The summed E-state index contributed by atoms with van der Waals surface area (Å²) in [5, 5.41) is 11.9. The summed E-state index contributed by atoms with van der Waals surface area (Å²) >= 11 is 0. The molecule has 1 aromatic heterocycles. The maximum atomic E-state index is 12.7. The van der Waals surface area contributed by atoms with E-state index in [-0.39, 0.29) is 23.8 Å². The fourth-order valence-corrected chi connectivity index (χ4v) is 3.49. The Labute approximate surface area is 165 Å². The number of carbonyl (C=O) groups is 1. The zero-order valence-corrected chi connectivity index (χ0v) is 15.5. The highest BCUT2D eigenvalue weighted by atomic mass is 16.6. The van der Waals surface area contributed by atoms with Gasteiger partial charge in [-0.25, -0.2) is 4.79 Å². The minimum atomic E-state index is -0.606. The van der Waals surface area contributed by atoms with Gasteiger partial charge < -0.3 is 15.2 Å². The van der Waals surface area contributed by atoms with Gasteiger partial charge in [0.2, 0.25) is 5.88 Å². The quantitative estimate of drug-likeness (QED) is 0.411. The lowest BCUT2D eigenvalue weighted by molar-refractivity contribution is -0.384. The topological polar surface area (TPSA) is 118 Å². The van der Waals surface area contributed by atoms with Crippen molar-refractivity contribution in [1.82, 2.24) is 4.98 Å². The minimum Gasteiger partial charge on any atom is -0.462 e. The maximum Gasteiger partial charge on any atom is 0.340 e. The molecule has 8 heteroatoms. The summed E-state index contributed by atoms with van der Waals surface area (Å²) in [5.74, 6) is -0.820. The van der Waals surface area contributed by atoms with Crippen molar-refractivity contribution in [3.63, 3.8) is 0 Å². The van der Waals surface area contributed by atoms with Gasteiger partial charge in [0.25, 0.3) is 5.69 Å². The van der Waals surface area contributed by atoms with E-state index in [2.05, 4.69) is 4.98 Å². The Morgan fingerprint density at radius 1 is 1.24 bits per heavy atom. The second-order valence-electron chi connectivity index (χ2n) is 6.44. The van der Waals surface area contributed by atoms with Gasteiger partial charge in [0.1, 0.15) is 11.1 Å². The fourth-order valence-electron chi connectivity index (χ4n) is 3.49.